The lowest BCUT2D eigenvalue weighted by atomic mass is 9.99. The summed E-state index contributed by atoms with van der Waals surface area (Å²) in [5.74, 6) is -0.780. The summed E-state index contributed by atoms with van der Waals surface area (Å²) >= 11 is 0. The molecule has 0 aliphatic carbocycles. The third-order valence-electron chi connectivity index (χ3n) is 4.08. The van der Waals surface area contributed by atoms with E-state index in [0.29, 0.717) is 31.1 Å². The topological polar surface area (TPSA) is 76.1 Å². The molecule has 0 aromatic heterocycles. The molecule has 0 saturated carbocycles. The molecule has 0 radical (unpaired) electrons. The third kappa shape index (κ3) is 4.45. The van der Waals surface area contributed by atoms with Crippen LogP contribution in [0.25, 0.3) is 0 Å². The Morgan fingerprint density at radius 2 is 1.91 bits per heavy atom. The van der Waals surface area contributed by atoms with Gasteiger partial charge in [-0.2, -0.15) is 0 Å². The molecule has 2 rings (SSSR count). The van der Waals surface area contributed by atoms with Gasteiger partial charge in [-0.15, -0.1) is 0 Å². The van der Waals surface area contributed by atoms with Gasteiger partial charge in [-0.3, -0.25) is 9.59 Å². The van der Waals surface area contributed by atoms with Crippen molar-refractivity contribution in [2.45, 2.75) is 13.3 Å². The van der Waals surface area contributed by atoms with Gasteiger partial charge in [0.15, 0.2) is 0 Å². The standard InChI is InChI=1S/C17H23NO5/c1-12-10-18(11-15(12)17(20)21)16(19)13-4-6-14(7-5-13)23-9-3-8-22-2/h4-7,12,15H,3,8-11H2,1-2H3,(H,20,21)/t12-,15-/m1/s1. The molecule has 1 amide bonds. The first-order valence-electron chi connectivity index (χ1n) is 7.76. The molecule has 1 aliphatic heterocycles. The first-order chi connectivity index (χ1) is 11.0. The molecule has 2 atom stereocenters. The van der Waals surface area contributed by atoms with E-state index >= 15 is 0 Å². The van der Waals surface area contributed by atoms with Crippen LogP contribution in [0.4, 0.5) is 0 Å². The maximum absolute atomic E-state index is 12.4. The van der Waals surface area contributed by atoms with Gasteiger partial charge in [0.05, 0.1) is 12.5 Å². The van der Waals surface area contributed by atoms with Gasteiger partial charge in [-0.25, -0.2) is 0 Å². The lowest BCUT2D eigenvalue weighted by Gasteiger charge is -2.16. The predicted octanol–water partition coefficient (Wildman–Crippen LogP) is 1.89. The van der Waals surface area contributed by atoms with Crippen molar-refractivity contribution in [1.82, 2.24) is 4.90 Å². The normalized spacial score (nSPS) is 20.5. The van der Waals surface area contributed by atoms with Crippen molar-refractivity contribution >= 4 is 11.9 Å². The van der Waals surface area contributed by atoms with Crippen LogP contribution in [0.5, 0.6) is 5.75 Å². The quantitative estimate of drug-likeness (QED) is 0.776. The van der Waals surface area contributed by atoms with E-state index in [4.69, 9.17) is 14.6 Å². The summed E-state index contributed by atoms with van der Waals surface area (Å²) in [6.07, 6.45) is 0.805. The molecule has 0 spiro atoms. The highest BCUT2D eigenvalue weighted by atomic mass is 16.5. The Morgan fingerprint density at radius 1 is 1.22 bits per heavy atom. The van der Waals surface area contributed by atoms with Crippen LogP contribution in [-0.4, -0.2) is 55.3 Å². The number of carboxylic acid groups (broad SMARTS) is 1. The number of carboxylic acids is 1. The molecular weight excluding hydrogens is 298 g/mol. The predicted molar refractivity (Wildman–Crippen MR) is 84.6 cm³/mol. The summed E-state index contributed by atoms with van der Waals surface area (Å²) in [4.78, 5) is 25.2. The van der Waals surface area contributed by atoms with E-state index < -0.39 is 11.9 Å². The Morgan fingerprint density at radius 3 is 2.48 bits per heavy atom. The van der Waals surface area contributed by atoms with Gasteiger partial charge in [0.25, 0.3) is 5.91 Å². The molecule has 1 saturated heterocycles. The van der Waals surface area contributed by atoms with Crippen LogP contribution in [0.3, 0.4) is 0 Å². The Balaban J connectivity index is 1.92. The number of hydrogen-bond donors (Lipinski definition) is 1. The van der Waals surface area contributed by atoms with Gasteiger partial charge in [0.1, 0.15) is 5.75 Å². The average Bonchev–Trinajstić information content (AvgIpc) is 2.93. The minimum atomic E-state index is -0.840. The molecule has 1 aromatic carbocycles. The van der Waals surface area contributed by atoms with E-state index in [0.717, 1.165) is 6.42 Å². The molecule has 0 bridgehead atoms. The molecule has 0 unspecified atom stereocenters. The van der Waals surface area contributed by atoms with Crippen molar-refractivity contribution in [1.29, 1.82) is 0 Å². The number of benzene rings is 1. The number of ether oxygens (including phenoxy) is 2. The highest BCUT2D eigenvalue weighted by Gasteiger charge is 2.37. The molecular formula is C17H23NO5. The fourth-order valence-corrected chi connectivity index (χ4v) is 2.72. The van der Waals surface area contributed by atoms with Crippen molar-refractivity contribution in [2.75, 3.05) is 33.4 Å². The Kier molecular flexibility index (Phi) is 5.98. The highest BCUT2D eigenvalue weighted by Crippen LogP contribution is 2.25. The van der Waals surface area contributed by atoms with E-state index in [1.54, 1.807) is 36.3 Å². The number of rotatable bonds is 7. The number of likely N-dealkylation sites (tertiary alicyclic amines) is 1. The van der Waals surface area contributed by atoms with Crippen molar-refractivity contribution in [3.8, 4) is 5.75 Å². The molecule has 126 valence electrons. The van der Waals surface area contributed by atoms with Gasteiger partial charge in [0.2, 0.25) is 0 Å². The van der Waals surface area contributed by atoms with E-state index in [1.807, 2.05) is 6.92 Å². The SMILES string of the molecule is COCCCOc1ccc(C(=O)N2C[C@@H](C)[C@H](C(=O)O)C2)cc1. The number of nitrogens with zero attached hydrogens (tertiary/aromatic N) is 1. The number of carbonyl (C=O) groups excluding carboxylic acids is 1. The zero-order valence-electron chi connectivity index (χ0n) is 13.5. The summed E-state index contributed by atoms with van der Waals surface area (Å²) in [5, 5.41) is 9.15. The summed E-state index contributed by atoms with van der Waals surface area (Å²) in [6.45, 7) is 3.82. The first kappa shape index (κ1) is 17.3. The monoisotopic (exact) mass is 321 g/mol. The highest BCUT2D eigenvalue weighted by molar-refractivity contribution is 5.95. The average molecular weight is 321 g/mol. The van der Waals surface area contributed by atoms with Crippen LogP contribution in [0.2, 0.25) is 0 Å². The lowest BCUT2D eigenvalue weighted by molar-refractivity contribution is -0.142. The van der Waals surface area contributed by atoms with E-state index in [-0.39, 0.29) is 18.4 Å². The molecule has 1 aromatic rings. The van der Waals surface area contributed by atoms with Gasteiger partial charge in [0, 0.05) is 38.8 Å². The molecule has 23 heavy (non-hydrogen) atoms. The van der Waals surface area contributed by atoms with E-state index in [1.165, 1.54) is 0 Å². The van der Waals surface area contributed by atoms with Crippen molar-refractivity contribution in [3.63, 3.8) is 0 Å². The van der Waals surface area contributed by atoms with Gasteiger partial charge in [-0.05, 0) is 30.2 Å². The maximum atomic E-state index is 12.4. The van der Waals surface area contributed by atoms with Gasteiger partial charge < -0.3 is 19.5 Å². The van der Waals surface area contributed by atoms with Crippen LogP contribution >= 0.6 is 0 Å². The second-order valence-electron chi connectivity index (χ2n) is 5.85. The van der Waals surface area contributed by atoms with Gasteiger partial charge in [-0.1, -0.05) is 6.92 Å². The second-order valence-corrected chi connectivity index (χ2v) is 5.85. The van der Waals surface area contributed by atoms with Crippen LogP contribution in [0.15, 0.2) is 24.3 Å². The first-order valence-corrected chi connectivity index (χ1v) is 7.76. The zero-order valence-corrected chi connectivity index (χ0v) is 13.5. The fourth-order valence-electron chi connectivity index (χ4n) is 2.72. The number of aliphatic carboxylic acids is 1. The van der Waals surface area contributed by atoms with Crippen molar-refractivity contribution in [3.05, 3.63) is 29.8 Å². The Bertz CT molecular complexity index is 542. The minimum Gasteiger partial charge on any atom is -0.494 e. The van der Waals surface area contributed by atoms with E-state index in [9.17, 15) is 9.59 Å². The lowest BCUT2D eigenvalue weighted by Crippen LogP contribution is -2.29. The molecule has 6 nitrogen and oxygen atoms in total. The molecule has 1 heterocycles. The summed E-state index contributed by atoms with van der Waals surface area (Å²) < 4.78 is 10.5. The Hall–Kier alpha value is -2.08. The van der Waals surface area contributed by atoms with Crippen molar-refractivity contribution < 1.29 is 24.2 Å². The maximum Gasteiger partial charge on any atom is 0.308 e. The largest absolute Gasteiger partial charge is 0.494 e. The third-order valence-corrected chi connectivity index (χ3v) is 4.08. The summed E-state index contributed by atoms with van der Waals surface area (Å²) in [7, 11) is 1.65. The zero-order chi connectivity index (χ0) is 16.8. The van der Waals surface area contributed by atoms with E-state index in [2.05, 4.69) is 0 Å². The van der Waals surface area contributed by atoms with Crippen molar-refractivity contribution in [2.24, 2.45) is 11.8 Å². The summed E-state index contributed by atoms with van der Waals surface area (Å²) in [5.41, 5.74) is 0.549. The fraction of sp³-hybridized carbons (Fsp3) is 0.529. The minimum absolute atomic E-state index is 0.0279. The smallest absolute Gasteiger partial charge is 0.308 e. The Labute approximate surface area is 136 Å². The molecule has 1 N–H and O–H groups in total. The van der Waals surface area contributed by atoms with Crippen LogP contribution in [0, 0.1) is 11.8 Å². The molecule has 6 heteroatoms. The number of methoxy groups -OCH3 is 1. The molecule has 1 fully saturated rings. The van der Waals surface area contributed by atoms with Crippen LogP contribution < -0.4 is 4.74 Å². The number of hydrogen-bond acceptors (Lipinski definition) is 4. The van der Waals surface area contributed by atoms with Crippen LogP contribution in [-0.2, 0) is 9.53 Å². The summed E-state index contributed by atoms with van der Waals surface area (Å²) in [6, 6.07) is 6.95. The number of carbonyl (C=O) groups is 2. The van der Waals surface area contributed by atoms with Gasteiger partial charge >= 0.3 is 5.97 Å². The number of amides is 1. The molecule has 1 aliphatic rings. The van der Waals surface area contributed by atoms with Crippen LogP contribution in [0.1, 0.15) is 23.7 Å². The second kappa shape index (κ2) is 7.97.